The largest absolute Gasteiger partial charge is 0.394 e. The fourth-order valence-electron chi connectivity index (χ4n) is 2.56. The molecular formula is C11H20O3. The normalized spacial score (nSPS) is 44.1. The molecule has 3 nitrogen and oxygen atoms in total. The van der Waals surface area contributed by atoms with Crippen LogP contribution in [-0.4, -0.2) is 29.7 Å². The topological polar surface area (TPSA) is 38.7 Å². The van der Waals surface area contributed by atoms with Crippen molar-refractivity contribution in [2.45, 2.75) is 63.4 Å². The van der Waals surface area contributed by atoms with Crippen LogP contribution in [0.4, 0.5) is 0 Å². The molecule has 0 unspecified atom stereocenters. The molecule has 0 aromatic rings. The highest BCUT2D eigenvalue weighted by atomic mass is 16.7. The van der Waals surface area contributed by atoms with Crippen LogP contribution >= 0.6 is 0 Å². The minimum atomic E-state index is -0.358. The minimum absolute atomic E-state index is 0.00551. The number of aliphatic hydroxyl groups is 1. The number of hydrogen-bond donors (Lipinski definition) is 1. The van der Waals surface area contributed by atoms with Crippen molar-refractivity contribution in [1.82, 2.24) is 0 Å². The van der Waals surface area contributed by atoms with E-state index in [1.165, 1.54) is 6.42 Å². The molecule has 82 valence electrons. The maximum atomic E-state index is 9.09. The highest BCUT2D eigenvalue weighted by Crippen LogP contribution is 2.38. The number of ether oxygens (including phenoxy) is 2. The van der Waals surface area contributed by atoms with Gasteiger partial charge >= 0.3 is 0 Å². The van der Waals surface area contributed by atoms with Crippen LogP contribution in [0.25, 0.3) is 0 Å². The number of rotatable bonds is 1. The summed E-state index contributed by atoms with van der Waals surface area (Å²) in [5.74, 6) is -0.358. The fourth-order valence-corrected chi connectivity index (χ4v) is 2.56. The van der Waals surface area contributed by atoms with Gasteiger partial charge in [-0.05, 0) is 32.6 Å². The van der Waals surface area contributed by atoms with Gasteiger partial charge in [0.15, 0.2) is 5.79 Å². The van der Waals surface area contributed by atoms with E-state index in [1.54, 1.807) is 0 Å². The molecule has 2 aliphatic heterocycles. The Morgan fingerprint density at radius 1 is 1.21 bits per heavy atom. The summed E-state index contributed by atoms with van der Waals surface area (Å²) in [6.07, 6.45) is 6.68. The zero-order valence-corrected chi connectivity index (χ0v) is 8.87. The van der Waals surface area contributed by atoms with Crippen molar-refractivity contribution >= 4 is 0 Å². The minimum Gasteiger partial charge on any atom is -0.394 e. The lowest BCUT2D eigenvalue weighted by Crippen LogP contribution is -2.48. The summed E-state index contributed by atoms with van der Waals surface area (Å²) in [6.45, 7) is 2.23. The molecule has 2 heterocycles. The van der Waals surface area contributed by atoms with Crippen LogP contribution in [0.3, 0.4) is 0 Å². The summed E-state index contributed by atoms with van der Waals surface area (Å²) < 4.78 is 11.8. The molecule has 1 N–H and O–H groups in total. The van der Waals surface area contributed by atoms with E-state index in [1.807, 2.05) is 0 Å². The van der Waals surface area contributed by atoms with Crippen molar-refractivity contribution in [2.75, 3.05) is 6.61 Å². The van der Waals surface area contributed by atoms with Crippen LogP contribution < -0.4 is 0 Å². The molecule has 0 saturated carbocycles. The summed E-state index contributed by atoms with van der Waals surface area (Å²) in [5, 5.41) is 9.09. The molecule has 0 amide bonds. The van der Waals surface area contributed by atoms with Gasteiger partial charge in [0, 0.05) is 12.8 Å². The van der Waals surface area contributed by atoms with E-state index in [2.05, 4.69) is 6.92 Å². The van der Waals surface area contributed by atoms with Gasteiger partial charge in [-0.25, -0.2) is 0 Å². The Morgan fingerprint density at radius 3 is 2.57 bits per heavy atom. The van der Waals surface area contributed by atoms with E-state index < -0.39 is 0 Å². The third kappa shape index (κ3) is 2.10. The van der Waals surface area contributed by atoms with Gasteiger partial charge in [0.2, 0.25) is 0 Å². The molecule has 3 heteroatoms. The Hall–Kier alpha value is -0.120. The molecule has 0 radical (unpaired) electrons. The Morgan fingerprint density at radius 2 is 1.93 bits per heavy atom. The first-order chi connectivity index (χ1) is 6.74. The second kappa shape index (κ2) is 4.17. The first kappa shape index (κ1) is 10.4. The molecule has 3 atom stereocenters. The Labute approximate surface area is 85.4 Å². The molecule has 0 aromatic heterocycles. The van der Waals surface area contributed by atoms with Crippen LogP contribution in [0.1, 0.15) is 45.4 Å². The van der Waals surface area contributed by atoms with E-state index in [0.29, 0.717) is 6.10 Å². The summed E-state index contributed by atoms with van der Waals surface area (Å²) in [6, 6.07) is 0. The lowest BCUT2D eigenvalue weighted by atomic mass is 9.93. The van der Waals surface area contributed by atoms with Crippen LogP contribution in [0, 0.1) is 0 Å². The molecule has 2 saturated heterocycles. The predicted octanol–water partition coefficient (Wildman–Crippen LogP) is 1.83. The predicted molar refractivity (Wildman–Crippen MR) is 52.9 cm³/mol. The van der Waals surface area contributed by atoms with Crippen molar-refractivity contribution in [2.24, 2.45) is 0 Å². The summed E-state index contributed by atoms with van der Waals surface area (Å²) in [7, 11) is 0. The van der Waals surface area contributed by atoms with Gasteiger partial charge in [-0.15, -0.1) is 0 Å². The SMILES string of the molecule is C[C@H]1CCC[C@]2(CCC[C@@H](CO)O2)O1. The van der Waals surface area contributed by atoms with E-state index in [9.17, 15) is 0 Å². The zero-order valence-electron chi connectivity index (χ0n) is 8.87. The van der Waals surface area contributed by atoms with Crippen molar-refractivity contribution < 1.29 is 14.6 Å². The Balaban J connectivity index is 1.99. The van der Waals surface area contributed by atoms with Crippen molar-refractivity contribution in [3.05, 3.63) is 0 Å². The second-order valence-electron chi connectivity index (χ2n) is 4.55. The van der Waals surface area contributed by atoms with Crippen LogP contribution in [0.15, 0.2) is 0 Å². The van der Waals surface area contributed by atoms with Crippen molar-refractivity contribution in [3.8, 4) is 0 Å². The average molecular weight is 200 g/mol. The molecule has 0 bridgehead atoms. The lowest BCUT2D eigenvalue weighted by molar-refractivity contribution is -0.315. The van der Waals surface area contributed by atoms with E-state index in [-0.39, 0.29) is 18.5 Å². The van der Waals surface area contributed by atoms with Crippen molar-refractivity contribution in [3.63, 3.8) is 0 Å². The maximum Gasteiger partial charge on any atom is 0.169 e. The monoisotopic (exact) mass is 200 g/mol. The third-order valence-corrected chi connectivity index (χ3v) is 3.25. The first-order valence-electron chi connectivity index (χ1n) is 5.71. The van der Waals surface area contributed by atoms with E-state index in [0.717, 1.165) is 32.1 Å². The Kier molecular flexibility index (Phi) is 3.10. The lowest BCUT2D eigenvalue weighted by Gasteiger charge is -2.45. The van der Waals surface area contributed by atoms with Gasteiger partial charge < -0.3 is 14.6 Å². The first-order valence-corrected chi connectivity index (χ1v) is 5.71. The quantitative estimate of drug-likeness (QED) is 0.702. The number of aliphatic hydroxyl groups excluding tert-OH is 1. The molecule has 0 aromatic carbocycles. The highest BCUT2D eigenvalue weighted by molar-refractivity contribution is 4.82. The molecular weight excluding hydrogens is 180 g/mol. The second-order valence-corrected chi connectivity index (χ2v) is 4.55. The summed E-state index contributed by atoms with van der Waals surface area (Å²) in [4.78, 5) is 0. The van der Waals surface area contributed by atoms with Gasteiger partial charge in [0.1, 0.15) is 0 Å². The molecule has 2 fully saturated rings. The third-order valence-electron chi connectivity index (χ3n) is 3.25. The maximum absolute atomic E-state index is 9.09. The van der Waals surface area contributed by atoms with E-state index >= 15 is 0 Å². The molecule has 0 aliphatic carbocycles. The molecule has 2 rings (SSSR count). The summed E-state index contributed by atoms with van der Waals surface area (Å²) in [5.41, 5.74) is 0. The highest BCUT2D eigenvalue weighted by Gasteiger charge is 2.41. The van der Waals surface area contributed by atoms with Crippen LogP contribution in [-0.2, 0) is 9.47 Å². The van der Waals surface area contributed by atoms with Crippen LogP contribution in [0.2, 0.25) is 0 Å². The van der Waals surface area contributed by atoms with Gasteiger partial charge in [-0.3, -0.25) is 0 Å². The molecule has 1 spiro atoms. The van der Waals surface area contributed by atoms with Crippen molar-refractivity contribution in [1.29, 1.82) is 0 Å². The van der Waals surface area contributed by atoms with Gasteiger partial charge in [0.25, 0.3) is 0 Å². The average Bonchev–Trinajstić information content (AvgIpc) is 2.17. The fraction of sp³-hybridized carbons (Fsp3) is 1.00. The van der Waals surface area contributed by atoms with Crippen LogP contribution in [0.5, 0.6) is 0 Å². The summed E-state index contributed by atoms with van der Waals surface area (Å²) >= 11 is 0. The number of hydrogen-bond acceptors (Lipinski definition) is 3. The molecule has 14 heavy (non-hydrogen) atoms. The van der Waals surface area contributed by atoms with E-state index in [4.69, 9.17) is 14.6 Å². The molecule has 2 aliphatic rings. The smallest absolute Gasteiger partial charge is 0.169 e. The zero-order chi connectivity index (χ0) is 10.0. The van der Waals surface area contributed by atoms with Gasteiger partial charge in [0.05, 0.1) is 18.8 Å². The standard InChI is InChI=1S/C11H20O3/c1-9-4-2-6-11(13-9)7-3-5-10(8-12)14-11/h9-10,12H,2-8H2,1H3/t9-,10-,11-/m0/s1. The van der Waals surface area contributed by atoms with Gasteiger partial charge in [-0.2, -0.15) is 0 Å². The van der Waals surface area contributed by atoms with Gasteiger partial charge in [-0.1, -0.05) is 0 Å². The Bertz CT molecular complexity index is 191.